The lowest BCUT2D eigenvalue weighted by atomic mass is 9.93. The maximum atomic E-state index is 4.64. The minimum Gasteiger partial charge on any atom is -0.370 e. The smallest absolute Gasteiger partial charge is 0.229 e. The Hall–Kier alpha value is -2.14. The Morgan fingerprint density at radius 2 is 1.65 bits per heavy atom. The van der Waals surface area contributed by atoms with Crippen LogP contribution < -0.4 is 10.6 Å². The molecule has 0 amide bonds. The second-order valence-electron chi connectivity index (χ2n) is 7.59. The minimum absolute atomic E-state index is 0.434. The van der Waals surface area contributed by atoms with Crippen molar-refractivity contribution in [2.75, 3.05) is 37.8 Å². The number of rotatable bonds is 9. The average Bonchev–Trinajstić information content (AvgIpc) is 2.58. The first-order valence-electron chi connectivity index (χ1n) is 9.50. The molecule has 142 valence electrons. The lowest BCUT2D eigenvalue weighted by Crippen LogP contribution is -2.16. The fraction of sp³-hybridized carbons (Fsp3) is 0.524. The van der Waals surface area contributed by atoms with Gasteiger partial charge in [-0.1, -0.05) is 45.9 Å². The number of hydrogen-bond acceptors (Lipinski definition) is 5. The van der Waals surface area contributed by atoms with E-state index in [1.807, 2.05) is 6.07 Å². The lowest BCUT2D eigenvalue weighted by molar-refractivity contribution is 0.405. The summed E-state index contributed by atoms with van der Waals surface area (Å²) in [5.41, 5.74) is 3.73. The quantitative estimate of drug-likeness (QED) is 0.631. The van der Waals surface area contributed by atoms with Crippen LogP contribution in [0.15, 0.2) is 30.5 Å². The summed E-state index contributed by atoms with van der Waals surface area (Å²) >= 11 is 0. The summed E-state index contributed by atoms with van der Waals surface area (Å²) in [5.74, 6) is 2.36. The van der Waals surface area contributed by atoms with E-state index in [2.05, 4.69) is 85.5 Å². The zero-order valence-electron chi connectivity index (χ0n) is 17.0. The Balaban J connectivity index is 2.17. The number of nitrogens with one attached hydrogen (secondary N) is 2. The molecule has 5 nitrogen and oxygen atoms in total. The Kier molecular flexibility index (Phi) is 7.39. The van der Waals surface area contributed by atoms with E-state index < -0.39 is 0 Å². The summed E-state index contributed by atoms with van der Waals surface area (Å²) in [7, 11) is 4.18. The minimum atomic E-state index is 0.434. The van der Waals surface area contributed by atoms with E-state index in [1.165, 1.54) is 11.1 Å². The van der Waals surface area contributed by atoms with Crippen LogP contribution in [0.4, 0.5) is 17.5 Å². The Bertz CT molecular complexity index is 668. The molecule has 0 fully saturated rings. The predicted molar refractivity (Wildman–Crippen MR) is 112 cm³/mol. The van der Waals surface area contributed by atoms with Gasteiger partial charge in [0.1, 0.15) is 5.82 Å². The first-order valence-corrected chi connectivity index (χ1v) is 9.50. The van der Waals surface area contributed by atoms with Gasteiger partial charge in [0.2, 0.25) is 5.95 Å². The van der Waals surface area contributed by atoms with Gasteiger partial charge in [-0.3, -0.25) is 0 Å². The van der Waals surface area contributed by atoms with Gasteiger partial charge in [-0.15, -0.1) is 0 Å². The zero-order chi connectivity index (χ0) is 19.1. The molecule has 5 heteroatoms. The monoisotopic (exact) mass is 355 g/mol. The van der Waals surface area contributed by atoms with Crippen molar-refractivity contribution in [2.45, 2.75) is 46.0 Å². The van der Waals surface area contributed by atoms with Gasteiger partial charge < -0.3 is 15.5 Å². The van der Waals surface area contributed by atoms with Gasteiger partial charge in [-0.25, -0.2) is 4.98 Å². The molecular weight excluding hydrogens is 322 g/mol. The Morgan fingerprint density at radius 1 is 1.00 bits per heavy atom. The average molecular weight is 356 g/mol. The lowest BCUT2D eigenvalue weighted by Gasteiger charge is -2.20. The van der Waals surface area contributed by atoms with Crippen LogP contribution >= 0.6 is 0 Å². The van der Waals surface area contributed by atoms with Crippen molar-refractivity contribution in [1.82, 2.24) is 14.9 Å². The molecule has 2 N–H and O–H groups in total. The van der Waals surface area contributed by atoms with Gasteiger partial charge in [-0.05, 0) is 56.1 Å². The highest BCUT2D eigenvalue weighted by Gasteiger charge is 2.14. The molecule has 2 rings (SSSR count). The predicted octanol–water partition coefficient (Wildman–Crippen LogP) is 4.83. The third kappa shape index (κ3) is 5.70. The fourth-order valence-corrected chi connectivity index (χ4v) is 2.94. The standard InChI is InChI=1S/C21H33N5/c1-15(2)17-9-7-10-18(16(3)4)20(17)25-21-23-13-11-19(24-21)22-12-8-14-26(5)6/h7,9-11,13,15-16H,8,12,14H2,1-6H3,(H2,22,23,24,25). The summed E-state index contributed by atoms with van der Waals surface area (Å²) < 4.78 is 0. The summed E-state index contributed by atoms with van der Waals surface area (Å²) in [6.07, 6.45) is 2.88. The molecular formula is C21H33N5. The third-order valence-corrected chi connectivity index (χ3v) is 4.35. The Labute approximate surface area is 158 Å². The van der Waals surface area contributed by atoms with Gasteiger partial charge in [0.15, 0.2) is 0 Å². The van der Waals surface area contributed by atoms with Crippen molar-refractivity contribution in [2.24, 2.45) is 0 Å². The van der Waals surface area contributed by atoms with E-state index >= 15 is 0 Å². The molecule has 0 saturated carbocycles. The van der Waals surface area contributed by atoms with Crippen LogP contribution in [-0.4, -0.2) is 42.1 Å². The number of aromatic nitrogens is 2. The third-order valence-electron chi connectivity index (χ3n) is 4.35. The van der Waals surface area contributed by atoms with Gasteiger partial charge in [0.25, 0.3) is 0 Å². The van der Waals surface area contributed by atoms with Gasteiger partial charge in [0, 0.05) is 18.4 Å². The largest absolute Gasteiger partial charge is 0.370 e. The molecule has 0 bridgehead atoms. The van der Waals surface area contributed by atoms with Crippen LogP contribution in [0.1, 0.15) is 57.1 Å². The van der Waals surface area contributed by atoms with E-state index in [4.69, 9.17) is 0 Å². The van der Waals surface area contributed by atoms with Crippen LogP contribution in [0.3, 0.4) is 0 Å². The van der Waals surface area contributed by atoms with Crippen LogP contribution in [0.2, 0.25) is 0 Å². The molecule has 0 spiro atoms. The molecule has 0 radical (unpaired) electrons. The number of benzene rings is 1. The highest BCUT2D eigenvalue weighted by Crippen LogP contribution is 2.33. The molecule has 26 heavy (non-hydrogen) atoms. The van der Waals surface area contributed by atoms with Gasteiger partial charge in [0.05, 0.1) is 0 Å². The molecule has 0 aliphatic carbocycles. The summed E-state index contributed by atoms with van der Waals surface area (Å²) in [5, 5.41) is 6.87. The highest BCUT2D eigenvalue weighted by molar-refractivity contribution is 5.65. The molecule has 1 aromatic carbocycles. The van der Waals surface area contributed by atoms with Crippen molar-refractivity contribution in [3.8, 4) is 0 Å². The molecule has 1 heterocycles. The normalized spacial score (nSPS) is 11.4. The Morgan fingerprint density at radius 3 is 2.23 bits per heavy atom. The van der Waals surface area contributed by atoms with Crippen molar-refractivity contribution in [1.29, 1.82) is 0 Å². The molecule has 2 aromatic rings. The fourth-order valence-electron chi connectivity index (χ4n) is 2.94. The summed E-state index contributed by atoms with van der Waals surface area (Å²) in [4.78, 5) is 11.2. The molecule has 1 aromatic heterocycles. The maximum Gasteiger partial charge on any atom is 0.229 e. The first kappa shape index (κ1) is 20.2. The van der Waals surface area contributed by atoms with E-state index in [0.717, 1.165) is 31.0 Å². The van der Waals surface area contributed by atoms with E-state index in [9.17, 15) is 0 Å². The zero-order valence-corrected chi connectivity index (χ0v) is 17.0. The highest BCUT2D eigenvalue weighted by atomic mass is 15.1. The number of hydrogen-bond donors (Lipinski definition) is 2. The first-order chi connectivity index (χ1) is 12.4. The van der Waals surface area contributed by atoms with Crippen molar-refractivity contribution in [3.63, 3.8) is 0 Å². The summed E-state index contributed by atoms with van der Waals surface area (Å²) in [6, 6.07) is 8.42. The number of nitrogens with zero attached hydrogens (tertiary/aromatic N) is 3. The SMILES string of the molecule is CC(C)c1cccc(C(C)C)c1Nc1nccc(NCCCN(C)C)n1. The van der Waals surface area contributed by atoms with Crippen molar-refractivity contribution in [3.05, 3.63) is 41.6 Å². The van der Waals surface area contributed by atoms with Crippen LogP contribution in [0.5, 0.6) is 0 Å². The molecule has 0 aliphatic rings. The van der Waals surface area contributed by atoms with E-state index in [0.29, 0.717) is 17.8 Å². The molecule has 0 aliphatic heterocycles. The topological polar surface area (TPSA) is 53.1 Å². The molecule has 0 saturated heterocycles. The number of para-hydroxylation sites is 1. The molecule has 0 atom stereocenters. The van der Waals surface area contributed by atoms with Gasteiger partial charge >= 0.3 is 0 Å². The second-order valence-corrected chi connectivity index (χ2v) is 7.59. The van der Waals surface area contributed by atoms with E-state index in [1.54, 1.807) is 6.20 Å². The van der Waals surface area contributed by atoms with E-state index in [-0.39, 0.29) is 0 Å². The molecule has 0 unspecified atom stereocenters. The van der Waals surface area contributed by atoms with Crippen molar-refractivity contribution >= 4 is 17.5 Å². The van der Waals surface area contributed by atoms with Crippen LogP contribution in [0, 0.1) is 0 Å². The summed E-state index contributed by atoms with van der Waals surface area (Å²) in [6.45, 7) is 10.8. The number of anilines is 3. The van der Waals surface area contributed by atoms with Crippen LogP contribution in [-0.2, 0) is 0 Å². The maximum absolute atomic E-state index is 4.64. The van der Waals surface area contributed by atoms with Crippen molar-refractivity contribution < 1.29 is 0 Å². The van der Waals surface area contributed by atoms with Gasteiger partial charge in [-0.2, -0.15) is 4.98 Å². The van der Waals surface area contributed by atoms with Crippen LogP contribution in [0.25, 0.3) is 0 Å². The second kappa shape index (κ2) is 9.53.